The summed E-state index contributed by atoms with van der Waals surface area (Å²) in [7, 11) is -3.77. The number of rotatable bonds is 5. The molecule has 0 bridgehead atoms. The van der Waals surface area contributed by atoms with Crippen LogP contribution in [0.25, 0.3) is 11.1 Å². The number of carbonyl (C=O) groups excluding carboxylic acids is 1. The molecule has 2 aromatic rings. The molecule has 0 fully saturated rings. The molecule has 2 aromatic carbocycles. The van der Waals surface area contributed by atoms with Crippen molar-refractivity contribution in [3.8, 4) is 11.1 Å². The minimum absolute atomic E-state index is 0.0105. The average Bonchev–Trinajstić information content (AvgIpc) is 2.52. The van der Waals surface area contributed by atoms with Crippen LogP contribution in [0.4, 0.5) is 0 Å². The van der Waals surface area contributed by atoms with Gasteiger partial charge in [0.1, 0.15) is 0 Å². The lowest BCUT2D eigenvalue weighted by atomic mass is 10.0. The predicted molar refractivity (Wildman–Crippen MR) is 85.4 cm³/mol. The van der Waals surface area contributed by atoms with E-state index in [1.165, 1.54) is 6.07 Å². The first kappa shape index (κ1) is 16.2. The van der Waals surface area contributed by atoms with Crippen molar-refractivity contribution in [1.82, 2.24) is 5.32 Å². The van der Waals surface area contributed by atoms with Crippen LogP contribution in [-0.2, 0) is 21.4 Å². The third-order valence-corrected chi connectivity index (χ3v) is 4.24. The summed E-state index contributed by atoms with van der Waals surface area (Å²) in [6.07, 6.45) is 0.444. The number of nitrogens with one attached hydrogen (secondary N) is 1. The van der Waals surface area contributed by atoms with Crippen LogP contribution in [-0.4, -0.2) is 14.3 Å². The van der Waals surface area contributed by atoms with E-state index in [9.17, 15) is 13.2 Å². The monoisotopic (exact) mass is 318 g/mol. The maximum absolute atomic E-state index is 11.6. The van der Waals surface area contributed by atoms with Gasteiger partial charge in [0.05, 0.1) is 4.90 Å². The van der Waals surface area contributed by atoms with E-state index in [1.54, 1.807) is 25.1 Å². The first-order chi connectivity index (χ1) is 10.4. The summed E-state index contributed by atoms with van der Waals surface area (Å²) in [5.41, 5.74) is 2.27. The second-order valence-corrected chi connectivity index (χ2v) is 6.40. The van der Waals surface area contributed by atoms with E-state index in [2.05, 4.69) is 5.32 Å². The molecule has 0 aliphatic carbocycles. The topological polar surface area (TPSA) is 89.3 Å². The first-order valence-corrected chi connectivity index (χ1v) is 8.44. The summed E-state index contributed by atoms with van der Waals surface area (Å²) in [5.74, 6) is -0.0105. The van der Waals surface area contributed by atoms with E-state index < -0.39 is 10.0 Å². The zero-order valence-electron chi connectivity index (χ0n) is 12.2. The van der Waals surface area contributed by atoms with Crippen LogP contribution in [0.2, 0.25) is 0 Å². The number of hydrogen-bond acceptors (Lipinski definition) is 3. The lowest BCUT2D eigenvalue weighted by Gasteiger charge is -2.09. The van der Waals surface area contributed by atoms with E-state index in [0.717, 1.165) is 11.1 Å². The molecule has 1 amide bonds. The summed E-state index contributed by atoms with van der Waals surface area (Å²) in [6, 6.07) is 13.9. The van der Waals surface area contributed by atoms with Crippen LogP contribution in [0.15, 0.2) is 53.4 Å². The smallest absolute Gasteiger partial charge is 0.238 e. The number of sulfonamides is 1. The number of amides is 1. The first-order valence-electron chi connectivity index (χ1n) is 6.89. The molecule has 0 aromatic heterocycles. The molecule has 0 saturated heterocycles. The number of carbonyl (C=O) groups is 1. The molecular formula is C16H18N2O3S. The van der Waals surface area contributed by atoms with Gasteiger partial charge in [-0.25, -0.2) is 13.6 Å². The molecule has 0 saturated carbocycles. The third-order valence-electron chi connectivity index (χ3n) is 3.27. The van der Waals surface area contributed by atoms with Crippen molar-refractivity contribution >= 4 is 15.9 Å². The molecular weight excluding hydrogens is 300 g/mol. The molecule has 0 atom stereocenters. The minimum Gasteiger partial charge on any atom is -0.352 e. The van der Waals surface area contributed by atoms with E-state index in [1.807, 2.05) is 24.3 Å². The molecule has 6 heteroatoms. The van der Waals surface area contributed by atoms with Crippen LogP contribution in [0, 0.1) is 0 Å². The predicted octanol–water partition coefficient (Wildman–Crippen LogP) is 2.03. The Labute approximate surface area is 130 Å². The van der Waals surface area contributed by atoms with Gasteiger partial charge >= 0.3 is 0 Å². The maximum atomic E-state index is 11.6. The number of primary sulfonamides is 1. The van der Waals surface area contributed by atoms with Gasteiger partial charge in [-0.15, -0.1) is 0 Å². The zero-order valence-corrected chi connectivity index (χ0v) is 13.1. The molecule has 5 nitrogen and oxygen atoms in total. The summed E-state index contributed by atoms with van der Waals surface area (Å²) in [4.78, 5) is 11.3. The van der Waals surface area contributed by atoms with Gasteiger partial charge < -0.3 is 5.32 Å². The third kappa shape index (κ3) is 3.93. The Bertz CT molecular complexity index is 768. The number of benzene rings is 2. The van der Waals surface area contributed by atoms with Crippen LogP contribution in [0.5, 0.6) is 0 Å². The largest absolute Gasteiger partial charge is 0.352 e. The molecule has 0 radical (unpaired) electrons. The van der Waals surface area contributed by atoms with Crippen LogP contribution >= 0.6 is 0 Å². The second kappa shape index (κ2) is 6.72. The molecule has 0 aliphatic rings. The fourth-order valence-corrected chi connectivity index (χ4v) is 2.84. The molecule has 116 valence electrons. The molecule has 22 heavy (non-hydrogen) atoms. The van der Waals surface area contributed by atoms with E-state index in [4.69, 9.17) is 5.14 Å². The van der Waals surface area contributed by atoms with Gasteiger partial charge in [0, 0.05) is 18.5 Å². The number of hydrogen-bond donors (Lipinski definition) is 2. The highest BCUT2D eigenvalue weighted by Gasteiger charge is 2.14. The Morgan fingerprint density at radius 1 is 1.09 bits per heavy atom. The normalized spacial score (nSPS) is 11.2. The standard InChI is InChI=1S/C16H18N2O3S/c1-2-16(19)18-11-12-7-9-13(10-8-12)14-5-3-4-6-15(14)22(17,20)21/h3-10H,2,11H2,1H3,(H,18,19)(H2,17,20,21). The Hall–Kier alpha value is -2.18. The van der Waals surface area contributed by atoms with Crippen LogP contribution in [0.3, 0.4) is 0 Å². The Morgan fingerprint density at radius 3 is 2.32 bits per heavy atom. The Morgan fingerprint density at radius 2 is 1.73 bits per heavy atom. The average molecular weight is 318 g/mol. The van der Waals surface area contributed by atoms with Gasteiger partial charge in [-0.05, 0) is 17.2 Å². The van der Waals surface area contributed by atoms with Gasteiger partial charge in [0.2, 0.25) is 15.9 Å². The highest BCUT2D eigenvalue weighted by Crippen LogP contribution is 2.26. The van der Waals surface area contributed by atoms with E-state index >= 15 is 0 Å². The Balaban J connectivity index is 2.27. The van der Waals surface area contributed by atoms with Crippen LogP contribution < -0.4 is 10.5 Å². The summed E-state index contributed by atoms with van der Waals surface area (Å²) >= 11 is 0. The highest BCUT2D eigenvalue weighted by atomic mass is 32.2. The van der Waals surface area contributed by atoms with Crippen molar-refractivity contribution in [1.29, 1.82) is 0 Å². The molecule has 0 heterocycles. The summed E-state index contributed by atoms with van der Waals surface area (Å²) in [5, 5.41) is 8.03. The molecule has 0 unspecified atom stereocenters. The van der Waals surface area contributed by atoms with Gasteiger partial charge in [-0.3, -0.25) is 4.79 Å². The lowest BCUT2D eigenvalue weighted by Crippen LogP contribution is -2.21. The van der Waals surface area contributed by atoms with Gasteiger partial charge in [0.15, 0.2) is 0 Å². The zero-order chi connectivity index (χ0) is 16.2. The summed E-state index contributed by atoms with van der Waals surface area (Å²) < 4.78 is 23.3. The van der Waals surface area contributed by atoms with E-state index in [-0.39, 0.29) is 10.8 Å². The lowest BCUT2D eigenvalue weighted by molar-refractivity contribution is -0.120. The summed E-state index contributed by atoms with van der Waals surface area (Å²) in [6.45, 7) is 2.24. The fourth-order valence-electron chi connectivity index (χ4n) is 2.08. The van der Waals surface area contributed by atoms with Crippen molar-refractivity contribution in [2.24, 2.45) is 5.14 Å². The fraction of sp³-hybridized carbons (Fsp3) is 0.188. The molecule has 0 aliphatic heterocycles. The SMILES string of the molecule is CCC(=O)NCc1ccc(-c2ccccc2S(N)(=O)=O)cc1. The van der Waals surface area contributed by atoms with Gasteiger partial charge in [-0.2, -0.15) is 0 Å². The molecule has 0 spiro atoms. The number of nitrogens with two attached hydrogens (primary N) is 1. The van der Waals surface area contributed by atoms with Crippen molar-refractivity contribution in [2.75, 3.05) is 0 Å². The second-order valence-electron chi connectivity index (χ2n) is 4.87. The van der Waals surface area contributed by atoms with Crippen molar-refractivity contribution in [3.63, 3.8) is 0 Å². The van der Waals surface area contributed by atoms with E-state index in [0.29, 0.717) is 18.5 Å². The molecule has 2 rings (SSSR count). The quantitative estimate of drug-likeness (QED) is 0.884. The highest BCUT2D eigenvalue weighted by molar-refractivity contribution is 7.89. The van der Waals surface area contributed by atoms with Crippen molar-refractivity contribution in [3.05, 3.63) is 54.1 Å². The van der Waals surface area contributed by atoms with Crippen molar-refractivity contribution in [2.45, 2.75) is 24.8 Å². The minimum atomic E-state index is -3.77. The van der Waals surface area contributed by atoms with Crippen molar-refractivity contribution < 1.29 is 13.2 Å². The maximum Gasteiger partial charge on any atom is 0.238 e. The van der Waals surface area contributed by atoms with Gasteiger partial charge in [0.25, 0.3) is 0 Å². The van der Waals surface area contributed by atoms with Crippen LogP contribution in [0.1, 0.15) is 18.9 Å². The molecule has 3 N–H and O–H groups in total. The van der Waals surface area contributed by atoms with Gasteiger partial charge in [-0.1, -0.05) is 49.4 Å². The Kier molecular flexibility index (Phi) is 4.95.